The maximum atomic E-state index is 11.8. The average Bonchev–Trinajstić information content (AvgIpc) is 2.49. The van der Waals surface area contributed by atoms with Crippen LogP contribution in [0.5, 0.6) is 0 Å². The van der Waals surface area contributed by atoms with Crippen molar-refractivity contribution in [3.63, 3.8) is 0 Å². The molecular weight excluding hydrogens is 264 g/mol. The zero-order chi connectivity index (χ0) is 15.7. The molecule has 4 nitrogen and oxygen atoms in total. The van der Waals surface area contributed by atoms with E-state index in [1.165, 1.54) is 0 Å². The Kier molecular flexibility index (Phi) is 7.23. The summed E-state index contributed by atoms with van der Waals surface area (Å²) >= 11 is 0. The van der Waals surface area contributed by atoms with Gasteiger partial charge in [-0.25, -0.2) is 0 Å². The van der Waals surface area contributed by atoms with Gasteiger partial charge in [-0.1, -0.05) is 62.8 Å². The summed E-state index contributed by atoms with van der Waals surface area (Å²) in [6, 6.07) is 9.32. The number of primary amides is 1. The summed E-state index contributed by atoms with van der Waals surface area (Å²) < 4.78 is 0. The summed E-state index contributed by atoms with van der Waals surface area (Å²) in [7, 11) is 0. The van der Waals surface area contributed by atoms with E-state index in [1.54, 1.807) is 0 Å². The van der Waals surface area contributed by atoms with Crippen LogP contribution in [0.15, 0.2) is 36.4 Å². The van der Waals surface area contributed by atoms with E-state index in [2.05, 4.69) is 5.32 Å². The quantitative estimate of drug-likeness (QED) is 0.771. The van der Waals surface area contributed by atoms with Gasteiger partial charge >= 0.3 is 0 Å². The highest BCUT2D eigenvalue weighted by molar-refractivity contribution is 5.86. The van der Waals surface area contributed by atoms with Crippen LogP contribution in [-0.2, 0) is 9.59 Å². The molecule has 4 heteroatoms. The van der Waals surface area contributed by atoms with Crippen molar-refractivity contribution in [2.45, 2.75) is 39.2 Å². The smallest absolute Gasteiger partial charge is 0.240 e. The van der Waals surface area contributed by atoms with Crippen molar-refractivity contribution in [1.82, 2.24) is 5.32 Å². The Hall–Kier alpha value is -2.10. The maximum absolute atomic E-state index is 11.8. The van der Waals surface area contributed by atoms with Crippen LogP contribution in [0.4, 0.5) is 0 Å². The van der Waals surface area contributed by atoms with Gasteiger partial charge in [0.05, 0.1) is 0 Å². The Balaban J connectivity index is 2.39. The molecule has 1 aromatic carbocycles. The highest BCUT2D eigenvalue weighted by atomic mass is 16.2. The van der Waals surface area contributed by atoms with Crippen LogP contribution in [0.3, 0.4) is 0 Å². The van der Waals surface area contributed by atoms with E-state index >= 15 is 0 Å². The van der Waals surface area contributed by atoms with Crippen LogP contribution in [0.25, 0.3) is 6.08 Å². The molecule has 3 N–H and O–H groups in total. The van der Waals surface area contributed by atoms with Gasteiger partial charge in [-0.3, -0.25) is 9.59 Å². The molecule has 0 fully saturated rings. The third-order valence-electron chi connectivity index (χ3n) is 3.48. The number of hydrogen-bond donors (Lipinski definition) is 2. The fraction of sp³-hybridized carbons (Fsp3) is 0.412. The molecule has 0 saturated heterocycles. The molecule has 0 heterocycles. The molecular formula is C17H24N2O2. The summed E-state index contributed by atoms with van der Waals surface area (Å²) in [5, 5.41) is 2.72. The van der Waals surface area contributed by atoms with E-state index in [4.69, 9.17) is 5.73 Å². The predicted octanol–water partition coefficient (Wildman–Crippen LogP) is 2.50. The zero-order valence-corrected chi connectivity index (χ0v) is 12.7. The summed E-state index contributed by atoms with van der Waals surface area (Å²) in [6.07, 6.45) is 5.71. The minimum Gasteiger partial charge on any atom is -0.368 e. The summed E-state index contributed by atoms with van der Waals surface area (Å²) in [5.74, 6) is -0.569. The molecule has 0 spiro atoms. The van der Waals surface area contributed by atoms with E-state index in [9.17, 15) is 9.59 Å². The average molecular weight is 288 g/mol. The molecule has 0 unspecified atom stereocenters. The Morgan fingerprint density at radius 2 is 1.95 bits per heavy atom. The van der Waals surface area contributed by atoms with Crippen LogP contribution < -0.4 is 11.1 Å². The second-order valence-corrected chi connectivity index (χ2v) is 5.18. The Labute approximate surface area is 126 Å². The number of nitrogens with two attached hydrogens (primary N) is 1. The fourth-order valence-electron chi connectivity index (χ4n) is 1.97. The van der Waals surface area contributed by atoms with Gasteiger partial charge in [-0.2, -0.15) is 0 Å². The van der Waals surface area contributed by atoms with Crippen molar-refractivity contribution >= 4 is 17.9 Å². The standard InChI is InChI=1S/C17H24N2O2/c1-3-13(2)16(17(18)21)19-15(20)12-8-7-11-14-9-5-4-6-10-14/h4-7,9-11,13,16H,3,8,12H2,1-2H3,(H2,18,21)(H,19,20)/b11-7-/t13-,16-/m0/s1. The first kappa shape index (κ1) is 17.0. The maximum Gasteiger partial charge on any atom is 0.240 e. The van der Waals surface area contributed by atoms with Gasteiger partial charge in [0.1, 0.15) is 6.04 Å². The number of amides is 2. The van der Waals surface area contributed by atoms with Crippen molar-refractivity contribution in [3.8, 4) is 0 Å². The lowest BCUT2D eigenvalue weighted by molar-refractivity contribution is -0.128. The monoisotopic (exact) mass is 288 g/mol. The molecule has 0 aliphatic rings. The molecule has 0 saturated carbocycles. The zero-order valence-electron chi connectivity index (χ0n) is 12.7. The molecule has 21 heavy (non-hydrogen) atoms. The molecule has 2 amide bonds. The predicted molar refractivity (Wildman–Crippen MR) is 85.3 cm³/mol. The van der Waals surface area contributed by atoms with E-state index in [-0.39, 0.29) is 11.8 Å². The number of nitrogens with one attached hydrogen (secondary N) is 1. The van der Waals surface area contributed by atoms with Crippen LogP contribution in [0, 0.1) is 5.92 Å². The second-order valence-electron chi connectivity index (χ2n) is 5.18. The van der Waals surface area contributed by atoms with Gasteiger partial charge in [-0.05, 0) is 17.9 Å². The molecule has 2 atom stereocenters. The van der Waals surface area contributed by atoms with Crippen molar-refractivity contribution in [2.24, 2.45) is 11.7 Å². The molecule has 0 aliphatic carbocycles. The number of benzene rings is 1. The van der Waals surface area contributed by atoms with Crippen LogP contribution in [-0.4, -0.2) is 17.9 Å². The molecule has 0 aliphatic heterocycles. The SMILES string of the molecule is CC[C@H](C)[C@H](NC(=O)CC/C=C\c1ccccc1)C(N)=O. The van der Waals surface area contributed by atoms with Crippen molar-refractivity contribution in [3.05, 3.63) is 42.0 Å². The first-order valence-corrected chi connectivity index (χ1v) is 7.34. The number of rotatable bonds is 8. The van der Waals surface area contributed by atoms with Gasteiger partial charge in [0, 0.05) is 6.42 Å². The normalized spacial score (nSPS) is 13.8. The molecule has 0 radical (unpaired) electrons. The fourth-order valence-corrected chi connectivity index (χ4v) is 1.97. The summed E-state index contributed by atoms with van der Waals surface area (Å²) in [4.78, 5) is 23.2. The van der Waals surface area contributed by atoms with Crippen LogP contribution in [0.2, 0.25) is 0 Å². The number of carbonyl (C=O) groups excluding carboxylic acids is 2. The topological polar surface area (TPSA) is 72.2 Å². The highest BCUT2D eigenvalue weighted by Crippen LogP contribution is 2.08. The number of carbonyl (C=O) groups is 2. The summed E-state index contributed by atoms with van der Waals surface area (Å²) in [5.41, 5.74) is 6.43. The lowest BCUT2D eigenvalue weighted by atomic mass is 9.98. The van der Waals surface area contributed by atoms with Crippen molar-refractivity contribution < 1.29 is 9.59 Å². The van der Waals surface area contributed by atoms with E-state index < -0.39 is 11.9 Å². The van der Waals surface area contributed by atoms with Crippen molar-refractivity contribution in [1.29, 1.82) is 0 Å². The van der Waals surface area contributed by atoms with Crippen molar-refractivity contribution in [2.75, 3.05) is 0 Å². The van der Waals surface area contributed by atoms with E-state index in [0.29, 0.717) is 12.8 Å². The van der Waals surface area contributed by atoms with Crippen LogP contribution in [0.1, 0.15) is 38.7 Å². The van der Waals surface area contributed by atoms with E-state index in [1.807, 2.05) is 56.3 Å². The Bertz CT molecular complexity index is 483. The largest absolute Gasteiger partial charge is 0.368 e. The van der Waals surface area contributed by atoms with Gasteiger partial charge in [0.15, 0.2) is 0 Å². The third kappa shape index (κ3) is 6.25. The lowest BCUT2D eigenvalue weighted by Gasteiger charge is -2.20. The van der Waals surface area contributed by atoms with Gasteiger partial charge < -0.3 is 11.1 Å². The second kappa shape index (κ2) is 8.95. The number of allylic oxidation sites excluding steroid dienone is 1. The molecule has 114 valence electrons. The minimum absolute atomic E-state index is 0.0475. The summed E-state index contributed by atoms with van der Waals surface area (Å²) in [6.45, 7) is 3.88. The lowest BCUT2D eigenvalue weighted by Crippen LogP contribution is -2.48. The molecule has 0 bridgehead atoms. The molecule has 0 aromatic heterocycles. The number of hydrogen-bond acceptors (Lipinski definition) is 2. The molecule has 1 rings (SSSR count). The van der Waals surface area contributed by atoms with Gasteiger partial charge in [0.25, 0.3) is 0 Å². The third-order valence-corrected chi connectivity index (χ3v) is 3.48. The Morgan fingerprint density at radius 1 is 1.29 bits per heavy atom. The molecule has 1 aromatic rings. The minimum atomic E-state index is -0.583. The highest BCUT2D eigenvalue weighted by Gasteiger charge is 2.22. The van der Waals surface area contributed by atoms with Gasteiger partial charge in [0.2, 0.25) is 11.8 Å². The first-order chi connectivity index (χ1) is 10.0. The first-order valence-electron chi connectivity index (χ1n) is 7.34. The Morgan fingerprint density at radius 3 is 2.52 bits per heavy atom. The van der Waals surface area contributed by atoms with E-state index in [0.717, 1.165) is 12.0 Å². The van der Waals surface area contributed by atoms with Gasteiger partial charge in [-0.15, -0.1) is 0 Å². The van der Waals surface area contributed by atoms with Crippen LogP contribution >= 0.6 is 0 Å².